The molecule has 9 heteroatoms. The van der Waals surface area contributed by atoms with Gasteiger partial charge in [-0.25, -0.2) is 9.78 Å². The molecule has 0 bridgehead atoms. The molecule has 0 aromatic carbocycles. The number of aromatic amines is 1. The van der Waals surface area contributed by atoms with E-state index in [2.05, 4.69) is 41.4 Å². The number of rotatable bonds is 5. The number of anilines is 2. The average Bonchev–Trinajstić information content (AvgIpc) is 3.26. The summed E-state index contributed by atoms with van der Waals surface area (Å²) < 4.78 is 6.19. The average molecular weight is 480 g/mol. The summed E-state index contributed by atoms with van der Waals surface area (Å²) in [5.41, 5.74) is 1.94. The van der Waals surface area contributed by atoms with E-state index in [-0.39, 0.29) is 11.8 Å². The molecule has 1 saturated heterocycles. The highest BCUT2D eigenvalue weighted by Gasteiger charge is 2.28. The standard InChI is InChI=1S/C21H30BrN5O3/c1-12(2)19(28)26-15-10-24-18-16(15)17(14(22)9-23-18)27-7-6-13(11-27)8-25-20(29)30-21(3,4)5/h9-10,12-13H,6-8,11H2,1-5H3,(H,23,24)(H,25,29)(H,26,28)/t13-/m1/s1. The molecule has 1 fully saturated rings. The Morgan fingerprint density at radius 1 is 1.40 bits per heavy atom. The van der Waals surface area contributed by atoms with Crippen molar-refractivity contribution in [3.8, 4) is 0 Å². The predicted molar refractivity (Wildman–Crippen MR) is 122 cm³/mol. The first-order chi connectivity index (χ1) is 14.0. The van der Waals surface area contributed by atoms with Crippen LogP contribution >= 0.6 is 15.9 Å². The van der Waals surface area contributed by atoms with Crippen molar-refractivity contribution in [2.24, 2.45) is 11.8 Å². The Bertz CT molecular complexity index is 935. The quantitative estimate of drug-likeness (QED) is 0.594. The molecule has 0 saturated carbocycles. The lowest BCUT2D eigenvalue weighted by Gasteiger charge is -2.23. The van der Waals surface area contributed by atoms with Crippen LogP contribution in [0.3, 0.4) is 0 Å². The van der Waals surface area contributed by atoms with Crippen LogP contribution in [0.2, 0.25) is 0 Å². The highest BCUT2D eigenvalue weighted by atomic mass is 79.9. The lowest BCUT2D eigenvalue weighted by atomic mass is 10.1. The van der Waals surface area contributed by atoms with Crippen molar-refractivity contribution < 1.29 is 14.3 Å². The number of hydrogen-bond acceptors (Lipinski definition) is 5. The van der Waals surface area contributed by atoms with Crippen molar-refractivity contribution in [2.45, 2.75) is 46.6 Å². The first kappa shape index (κ1) is 22.4. The van der Waals surface area contributed by atoms with Crippen LogP contribution < -0.4 is 15.5 Å². The lowest BCUT2D eigenvalue weighted by Crippen LogP contribution is -2.36. The molecule has 1 aliphatic rings. The maximum Gasteiger partial charge on any atom is 0.407 e. The summed E-state index contributed by atoms with van der Waals surface area (Å²) >= 11 is 3.64. The minimum absolute atomic E-state index is 0.0392. The molecule has 0 aliphatic carbocycles. The third-order valence-electron chi connectivity index (χ3n) is 4.95. The van der Waals surface area contributed by atoms with E-state index in [0.29, 0.717) is 12.5 Å². The Morgan fingerprint density at radius 2 is 2.13 bits per heavy atom. The number of nitrogens with zero attached hydrogens (tertiary/aromatic N) is 2. The van der Waals surface area contributed by atoms with Gasteiger partial charge in [0, 0.05) is 37.9 Å². The lowest BCUT2D eigenvalue weighted by molar-refractivity contribution is -0.118. The van der Waals surface area contributed by atoms with E-state index in [1.807, 2.05) is 34.6 Å². The van der Waals surface area contributed by atoms with Crippen LogP contribution in [0.1, 0.15) is 41.0 Å². The SMILES string of the molecule is CC(C)C(=O)Nc1c[nH]c2ncc(Br)c(N3CC[C@H](CNC(=O)OC(C)(C)C)C3)c12. The third kappa shape index (κ3) is 5.24. The summed E-state index contributed by atoms with van der Waals surface area (Å²) in [5, 5.41) is 6.76. The fourth-order valence-electron chi connectivity index (χ4n) is 3.48. The van der Waals surface area contributed by atoms with Crippen LogP contribution in [0.15, 0.2) is 16.9 Å². The molecule has 30 heavy (non-hydrogen) atoms. The number of carbonyl (C=O) groups is 2. The second kappa shape index (κ2) is 8.83. The van der Waals surface area contributed by atoms with E-state index in [1.54, 1.807) is 12.4 Å². The van der Waals surface area contributed by atoms with E-state index in [9.17, 15) is 9.59 Å². The summed E-state index contributed by atoms with van der Waals surface area (Å²) in [7, 11) is 0. The van der Waals surface area contributed by atoms with Gasteiger partial charge in [-0.3, -0.25) is 4.79 Å². The molecule has 3 rings (SSSR count). The van der Waals surface area contributed by atoms with E-state index in [4.69, 9.17) is 4.74 Å². The summed E-state index contributed by atoms with van der Waals surface area (Å²) in [5.74, 6) is 0.150. The van der Waals surface area contributed by atoms with Gasteiger partial charge in [-0.2, -0.15) is 0 Å². The van der Waals surface area contributed by atoms with Crippen molar-refractivity contribution in [3.05, 3.63) is 16.9 Å². The minimum atomic E-state index is -0.510. The van der Waals surface area contributed by atoms with Crippen molar-refractivity contribution in [1.82, 2.24) is 15.3 Å². The normalized spacial score (nSPS) is 16.9. The Kier molecular flexibility index (Phi) is 6.59. The number of amides is 2. The Labute approximate surface area is 185 Å². The fourth-order valence-corrected chi connectivity index (χ4v) is 4.04. The minimum Gasteiger partial charge on any atom is -0.444 e. The maximum absolute atomic E-state index is 12.2. The summed E-state index contributed by atoms with van der Waals surface area (Å²) in [6.45, 7) is 11.5. The van der Waals surface area contributed by atoms with Gasteiger partial charge in [0.15, 0.2) is 0 Å². The van der Waals surface area contributed by atoms with Crippen LogP contribution in [0, 0.1) is 11.8 Å². The Morgan fingerprint density at radius 3 is 2.80 bits per heavy atom. The zero-order valence-electron chi connectivity index (χ0n) is 18.1. The monoisotopic (exact) mass is 479 g/mol. The number of nitrogens with one attached hydrogen (secondary N) is 3. The first-order valence-corrected chi connectivity index (χ1v) is 11.0. The molecular formula is C21H30BrN5O3. The van der Waals surface area contributed by atoms with Gasteiger partial charge in [0.05, 0.1) is 21.2 Å². The van der Waals surface area contributed by atoms with Crippen LogP contribution in [0.5, 0.6) is 0 Å². The molecule has 0 radical (unpaired) electrons. The maximum atomic E-state index is 12.2. The second-order valence-corrected chi connectivity index (χ2v) is 9.86. The molecule has 0 spiro atoms. The van der Waals surface area contributed by atoms with Crippen LogP contribution in [-0.4, -0.2) is 47.2 Å². The highest BCUT2D eigenvalue weighted by molar-refractivity contribution is 9.10. The van der Waals surface area contributed by atoms with Gasteiger partial charge >= 0.3 is 6.09 Å². The fraction of sp³-hybridized carbons (Fsp3) is 0.571. The van der Waals surface area contributed by atoms with Gasteiger partial charge < -0.3 is 25.3 Å². The summed E-state index contributed by atoms with van der Waals surface area (Å²) in [4.78, 5) is 34.1. The van der Waals surface area contributed by atoms with E-state index >= 15 is 0 Å². The summed E-state index contributed by atoms with van der Waals surface area (Å²) in [6.07, 6.45) is 4.11. The van der Waals surface area contributed by atoms with Crippen molar-refractivity contribution in [2.75, 3.05) is 29.9 Å². The van der Waals surface area contributed by atoms with Gasteiger partial charge in [-0.1, -0.05) is 13.8 Å². The number of fused-ring (bicyclic) bond motifs is 1. The molecule has 2 amide bonds. The number of halogens is 1. The van der Waals surface area contributed by atoms with E-state index < -0.39 is 11.7 Å². The largest absolute Gasteiger partial charge is 0.444 e. The first-order valence-electron chi connectivity index (χ1n) is 10.2. The molecule has 3 N–H and O–H groups in total. The number of ether oxygens (including phenoxy) is 1. The van der Waals surface area contributed by atoms with E-state index in [0.717, 1.165) is 46.4 Å². The molecule has 8 nitrogen and oxygen atoms in total. The third-order valence-corrected chi connectivity index (χ3v) is 5.53. The molecule has 3 heterocycles. The molecule has 2 aromatic rings. The molecular weight excluding hydrogens is 450 g/mol. The number of alkyl carbamates (subject to hydrolysis) is 1. The van der Waals surface area contributed by atoms with Gasteiger partial charge in [0.25, 0.3) is 0 Å². The van der Waals surface area contributed by atoms with Crippen LogP contribution in [0.4, 0.5) is 16.2 Å². The van der Waals surface area contributed by atoms with Crippen molar-refractivity contribution in [3.63, 3.8) is 0 Å². The van der Waals surface area contributed by atoms with E-state index in [1.165, 1.54) is 0 Å². The number of carbonyl (C=O) groups excluding carboxylic acids is 2. The molecule has 0 unspecified atom stereocenters. The number of aromatic nitrogens is 2. The second-order valence-electron chi connectivity index (χ2n) is 9.01. The zero-order chi connectivity index (χ0) is 22.1. The highest BCUT2D eigenvalue weighted by Crippen LogP contribution is 2.40. The smallest absolute Gasteiger partial charge is 0.407 e. The Hall–Kier alpha value is -2.29. The number of H-pyrrole nitrogens is 1. The number of pyridine rings is 1. The van der Waals surface area contributed by atoms with Gasteiger partial charge in [-0.05, 0) is 49.0 Å². The number of hydrogen-bond donors (Lipinski definition) is 3. The molecule has 2 aromatic heterocycles. The van der Waals surface area contributed by atoms with Crippen molar-refractivity contribution >= 4 is 50.3 Å². The Balaban J connectivity index is 1.75. The zero-order valence-corrected chi connectivity index (χ0v) is 19.7. The molecule has 164 valence electrons. The molecule has 1 aliphatic heterocycles. The van der Waals surface area contributed by atoms with Gasteiger partial charge in [-0.15, -0.1) is 0 Å². The van der Waals surface area contributed by atoms with Gasteiger partial charge in [0.1, 0.15) is 11.2 Å². The molecule has 1 atom stereocenters. The van der Waals surface area contributed by atoms with Crippen LogP contribution in [-0.2, 0) is 9.53 Å². The van der Waals surface area contributed by atoms with Crippen LogP contribution in [0.25, 0.3) is 11.0 Å². The topological polar surface area (TPSA) is 99.4 Å². The summed E-state index contributed by atoms with van der Waals surface area (Å²) in [6, 6.07) is 0. The van der Waals surface area contributed by atoms with Gasteiger partial charge in [0.2, 0.25) is 5.91 Å². The van der Waals surface area contributed by atoms with Crippen molar-refractivity contribution in [1.29, 1.82) is 0 Å². The predicted octanol–water partition coefficient (Wildman–Crippen LogP) is 4.27.